The van der Waals surface area contributed by atoms with Crippen LogP contribution in [0.4, 0.5) is 0 Å². The Bertz CT molecular complexity index is 550. The van der Waals surface area contributed by atoms with Crippen LogP contribution < -0.4 is 10.6 Å². The number of alkyl halides is 1. The highest BCUT2D eigenvalue weighted by molar-refractivity contribution is 14.1. The fourth-order valence-electron chi connectivity index (χ4n) is 5.23. The first kappa shape index (κ1) is 21.0. The van der Waals surface area contributed by atoms with Crippen molar-refractivity contribution in [1.82, 2.24) is 15.5 Å². The van der Waals surface area contributed by atoms with Crippen molar-refractivity contribution in [2.75, 3.05) is 32.8 Å². The predicted molar refractivity (Wildman–Crippen MR) is 125 cm³/mol. The fraction of sp³-hybridized carbons (Fsp3) is 0.826. The number of morpholine rings is 1. The highest BCUT2D eigenvalue weighted by Crippen LogP contribution is 2.32. The molecule has 4 aliphatic rings. The molecule has 0 spiro atoms. The molecule has 3 fully saturated rings. The monoisotopic (exact) mass is 499 g/mol. The third kappa shape index (κ3) is 5.66. The van der Waals surface area contributed by atoms with E-state index in [-0.39, 0.29) is 0 Å². The predicted octanol–water partition coefficient (Wildman–Crippen LogP) is 4.36. The van der Waals surface area contributed by atoms with E-state index >= 15 is 0 Å². The van der Waals surface area contributed by atoms with E-state index in [4.69, 9.17) is 4.74 Å². The van der Waals surface area contributed by atoms with Crippen LogP contribution >= 0.6 is 22.6 Å². The van der Waals surface area contributed by atoms with Crippen LogP contribution in [0.1, 0.15) is 64.2 Å². The summed E-state index contributed by atoms with van der Waals surface area (Å²) >= 11 is 2.64. The molecule has 28 heavy (non-hydrogen) atoms. The van der Waals surface area contributed by atoms with Crippen molar-refractivity contribution in [3.8, 4) is 0 Å². The van der Waals surface area contributed by atoms with Gasteiger partial charge in [0.1, 0.15) is 0 Å². The van der Waals surface area contributed by atoms with E-state index in [0.717, 1.165) is 36.8 Å². The zero-order valence-corrected chi connectivity index (χ0v) is 19.5. The highest BCUT2D eigenvalue weighted by atomic mass is 127. The van der Waals surface area contributed by atoms with Crippen LogP contribution in [0.2, 0.25) is 0 Å². The molecule has 1 saturated carbocycles. The second-order valence-corrected chi connectivity index (χ2v) is 10.8. The van der Waals surface area contributed by atoms with Crippen LogP contribution in [0, 0.1) is 5.92 Å². The van der Waals surface area contributed by atoms with E-state index in [1.807, 2.05) is 0 Å². The number of rotatable bonds is 3. The molecule has 2 atom stereocenters. The van der Waals surface area contributed by atoms with Gasteiger partial charge in [0.05, 0.1) is 13.2 Å². The first-order chi connectivity index (χ1) is 13.8. The van der Waals surface area contributed by atoms with Crippen molar-refractivity contribution in [3.05, 3.63) is 23.5 Å². The molecular weight excluding hydrogens is 461 g/mol. The van der Waals surface area contributed by atoms with Gasteiger partial charge < -0.3 is 20.3 Å². The quantitative estimate of drug-likeness (QED) is 0.447. The molecule has 5 heteroatoms. The van der Waals surface area contributed by atoms with Gasteiger partial charge in [0, 0.05) is 46.4 Å². The molecule has 158 valence electrons. The second kappa shape index (κ2) is 10.7. The van der Waals surface area contributed by atoms with Gasteiger partial charge in [-0.15, -0.1) is 0 Å². The summed E-state index contributed by atoms with van der Waals surface area (Å²) in [5.41, 5.74) is 2.93. The van der Waals surface area contributed by atoms with Crippen molar-refractivity contribution in [2.45, 2.75) is 80.2 Å². The Kier molecular flexibility index (Phi) is 7.99. The Balaban J connectivity index is 1.52. The first-order valence-electron chi connectivity index (χ1n) is 11.7. The molecule has 0 aromatic carbocycles. The average molecular weight is 499 g/mol. The van der Waals surface area contributed by atoms with E-state index < -0.39 is 0 Å². The SMILES string of the molecule is IC1CCC(NC2=CC(N3CCOCC3)=CC3NCCCCCCCC23)CC1. The Morgan fingerprint density at radius 3 is 2.54 bits per heavy atom. The van der Waals surface area contributed by atoms with Gasteiger partial charge in [-0.3, -0.25) is 0 Å². The third-order valence-corrected chi connectivity index (χ3v) is 8.21. The number of hydrogen-bond donors (Lipinski definition) is 2. The highest BCUT2D eigenvalue weighted by Gasteiger charge is 2.31. The molecule has 0 aromatic rings. The molecule has 2 unspecified atom stereocenters. The summed E-state index contributed by atoms with van der Waals surface area (Å²) in [5, 5.41) is 7.97. The van der Waals surface area contributed by atoms with Crippen molar-refractivity contribution in [3.63, 3.8) is 0 Å². The van der Waals surface area contributed by atoms with Gasteiger partial charge in [0.2, 0.25) is 0 Å². The van der Waals surface area contributed by atoms with Crippen LogP contribution in [-0.4, -0.2) is 53.8 Å². The van der Waals surface area contributed by atoms with Crippen LogP contribution in [0.15, 0.2) is 23.5 Å². The molecule has 0 bridgehead atoms. The number of hydrogen-bond acceptors (Lipinski definition) is 4. The van der Waals surface area contributed by atoms with Gasteiger partial charge in [0.25, 0.3) is 0 Å². The molecule has 2 saturated heterocycles. The molecule has 2 aliphatic carbocycles. The summed E-state index contributed by atoms with van der Waals surface area (Å²) in [6.45, 7) is 4.91. The Labute approximate surface area is 185 Å². The number of nitrogens with zero attached hydrogens (tertiary/aromatic N) is 1. The second-order valence-electron chi connectivity index (χ2n) is 9.03. The third-order valence-electron chi connectivity index (χ3n) is 6.96. The fourth-order valence-corrected chi connectivity index (χ4v) is 5.95. The lowest BCUT2D eigenvalue weighted by atomic mass is 9.83. The van der Waals surface area contributed by atoms with E-state index in [9.17, 15) is 0 Å². The van der Waals surface area contributed by atoms with Gasteiger partial charge in [-0.05, 0) is 57.2 Å². The first-order valence-corrected chi connectivity index (χ1v) is 12.9. The zero-order valence-electron chi connectivity index (χ0n) is 17.3. The number of fused-ring (bicyclic) bond motifs is 1. The maximum absolute atomic E-state index is 5.60. The normalized spacial score (nSPS) is 35.4. The molecule has 4 rings (SSSR count). The van der Waals surface area contributed by atoms with E-state index in [2.05, 4.69) is 50.3 Å². The van der Waals surface area contributed by atoms with Crippen molar-refractivity contribution in [1.29, 1.82) is 0 Å². The van der Waals surface area contributed by atoms with Gasteiger partial charge in [-0.25, -0.2) is 0 Å². The largest absolute Gasteiger partial charge is 0.385 e. The van der Waals surface area contributed by atoms with Crippen molar-refractivity contribution < 1.29 is 4.74 Å². The summed E-state index contributed by atoms with van der Waals surface area (Å²) in [6.07, 6.45) is 18.6. The molecule has 0 amide bonds. The Morgan fingerprint density at radius 2 is 1.71 bits per heavy atom. The smallest absolute Gasteiger partial charge is 0.0642 e. The topological polar surface area (TPSA) is 36.5 Å². The summed E-state index contributed by atoms with van der Waals surface area (Å²) in [4.78, 5) is 2.53. The summed E-state index contributed by atoms with van der Waals surface area (Å²) < 4.78 is 6.48. The van der Waals surface area contributed by atoms with Crippen LogP contribution in [0.25, 0.3) is 0 Å². The molecule has 4 nitrogen and oxygen atoms in total. The van der Waals surface area contributed by atoms with E-state index in [1.54, 1.807) is 0 Å². The molecule has 0 radical (unpaired) electrons. The van der Waals surface area contributed by atoms with Gasteiger partial charge in [0.15, 0.2) is 0 Å². The van der Waals surface area contributed by atoms with Crippen LogP contribution in [0.3, 0.4) is 0 Å². The minimum atomic E-state index is 0.476. The number of nitrogens with one attached hydrogen (secondary N) is 2. The number of allylic oxidation sites excluding steroid dienone is 1. The van der Waals surface area contributed by atoms with E-state index in [1.165, 1.54) is 75.6 Å². The molecular formula is C23H38IN3O. The molecule has 2 aliphatic heterocycles. The van der Waals surface area contributed by atoms with Crippen molar-refractivity contribution in [2.24, 2.45) is 5.92 Å². The van der Waals surface area contributed by atoms with Crippen LogP contribution in [0.5, 0.6) is 0 Å². The Hall–Kier alpha value is -0.270. The lowest BCUT2D eigenvalue weighted by Gasteiger charge is -2.39. The zero-order chi connectivity index (χ0) is 19.2. The lowest BCUT2D eigenvalue weighted by molar-refractivity contribution is 0.0546. The van der Waals surface area contributed by atoms with Crippen molar-refractivity contribution >= 4 is 22.6 Å². The standard InChI is InChI=1S/C23H38IN3O/c24-18-7-9-19(10-8-18)26-23-17-20(27-12-14-28-15-13-27)16-22-21(23)6-4-2-1-3-5-11-25-22/h16-19,21-22,25-26H,1-15H2. The summed E-state index contributed by atoms with van der Waals surface area (Å²) in [5.74, 6) is 0.611. The lowest BCUT2D eigenvalue weighted by Crippen LogP contribution is -2.46. The number of halogens is 1. The van der Waals surface area contributed by atoms with E-state index in [0.29, 0.717) is 18.0 Å². The van der Waals surface area contributed by atoms with Gasteiger partial charge >= 0.3 is 0 Å². The summed E-state index contributed by atoms with van der Waals surface area (Å²) in [6, 6.07) is 1.14. The molecule has 0 aromatic heterocycles. The molecule has 2 heterocycles. The van der Waals surface area contributed by atoms with Gasteiger partial charge in [-0.2, -0.15) is 0 Å². The molecule has 2 N–H and O–H groups in total. The average Bonchev–Trinajstić information content (AvgIpc) is 2.74. The Morgan fingerprint density at radius 1 is 0.964 bits per heavy atom. The maximum Gasteiger partial charge on any atom is 0.0642 e. The van der Waals surface area contributed by atoms with Crippen LogP contribution in [-0.2, 0) is 4.74 Å². The number of ether oxygens (including phenoxy) is 1. The summed E-state index contributed by atoms with van der Waals surface area (Å²) in [7, 11) is 0. The van der Waals surface area contributed by atoms with Gasteiger partial charge in [-0.1, -0.05) is 48.3 Å². The minimum Gasteiger partial charge on any atom is -0.385 e. The minimum absolute atomic E-state index is 0.476. The maximum atomic E-state index is 5.60.